The van der Waals surface area contributed by atoms with Gasteiger partial charge < -0.3 is 25.4 Å². The Morgan fingerprint density at radius 3 is 2.57 bits per heavy atom. The molecule has 2 aromatic rings. The van der Waals surface area contributed by atoms with Crippen molar-refractivity contribution in [3.8, 4) is 6.01 Å². The molecule has 1 unspecified atom stereocenters. The van der Waals surface area contributed by atoms with Gasteiger partial charge in [0.05, 0.1) is 19.8 Å². The zero-order chi connectivity index (χ0) is 20.9. The number of aldehydes is 1. The number of nitrogens with zero attached hydrogens (tertiary/aromatic N) is 4. The fourth-order valence-electron chi connectivity index (χ4n) is 3.65. The second kappa shape index (κ2) is 9.27. The van der Waals surface area contributed by atoms with Crippen LogP contribution in [-0.2, 0) is 22.6 Å². The zero-order valence-electron chi connectivity index (χ0n) is 17.2. The Morgan fingerprint density at radius 1 is 1.20 bits per heavy atom. The highest BCUT2D eigenvalue weighted by atomic mass is 16.5. The topological polar surface area (TPSA) is 106 Å². The van der Waals surface area contributed by atoms with Gasteiger partial charge >= 0.3 is 6.01 Å². The first-order valence-corrected chi connectivity index (χ1v) is 10.3. The first kappa shape index (κ1) is 20.4. The number of nitrogens with two attached hydrogens (primary N) is 1. The molecule has 0 amide bonds. The van der Waals surface area contributed by atoms with E-state index in [0.717, 1.165) is 51.1 Å². The second-order valence-electron chi connectivity index (χ2n) is 7.50. The number of carbonyl (C=O) groups excluding carboxylic acids is 1. The van der Waals surface area contributed by atoms with Gasteiger partial charge in [-0.25, -0.2) is 0 Å². The number of anilines is 3. The number of benzene rings is 1. The summed E-state index contributed by atoms with van der Waals surface area (Å²) in [4.78, 5) is 24.6. The number of fused-ring (bicyclic) bond motifs is 1. The third-order valence-electron chi connectivity index (χ3n) is 5.25. The normalized spacial score (nSPS) is 18.7. The highest BCUT2D eigenvalue weighted by Gasteiger charge is 2.33. The van der Waals surface area contributed by atoms with E-state index >= 15 is 0 Å². The molecular weight excluding hydrogens is 384 g/mol. The van der Waals surface area contributed by atoms with Crippen molar-refractivity contribution in [2.45, 2.75) is 32.6 Å². The van der Waals surface area contributed by atoms with Crippen LogP contribution in [0.25, 0.3) is 0 Å². The molecule has 1 atom stereocenters. The van der Waals surface area contributed by atoms with Gasteiger partial charge in [-0.3, -0.25) is 9.69 Å². The van der Waals surface area contributed by atoms with Gasteiger partial charge in [-0.15, -0.1) is 0 Å². The highest BCUT2D eigenvalue weighted by molar-refractivity contribution is 5.87. The van der Waals surface area contributed by atoms with Crippen molar-refractivity contribution in [3.05, 3.63) is 35.4 Å². The molecule has 3 N–H and O–H groups in total. The van der Waals surface area contributed by atoms with Gasteiger partial charge in [-0.1, -0.05) is 31.2 Å². The molecule has 0 aliphatic carbocycles. The molecule has 2 aliphatic heterocycles. The number of hydrogen-bond acceptors (Lipinski definition) is 9. The van der Waals surface area contributed by atoms with E-state index < -0.39 is 6.17 Å². The van der Waals surface area contributed by atoms with Gasteiger partial charge in [0.15, 0.2) is 24.1 Å². The maximum atomic E-state index is 11.7. The van der Waals surface area contributed by atoms with Crippen LogP contribution in [0.1, 0.15) is 24.5 Å². The minimum absolute atomic E-state index is 0.229. The maximum Gasteiger partial charge on any atom is 0.320 e. The third-order valence-corrected chi connectivity index (χ3v) is 5.25. The van der Waals surface area contributed by atoms with Crippen LogP contribution in [0.15, 0.2) is 24.3 Å². The summed E-state index contributed by atoms with van der Waals surface area (Å²) in [6, 6.07) is 8.68. The number of hydrogen-bond donors (Lipinski definition) is 2. The lowest BCUT2D eigenvalue weighted by Gasteiger charge is -2.26. The number of nitrogens with one attached hydrogen (secondary N) is 1. The minimum Gasteiger partial charge on any atom is -0.463 e. The van der Waals surface area contributed by atoms with E-state index in [1.165, 1.54) is 5.56 Å². The fourth-order valence-corrected chi connectivity index (χ4v) is 3.65. The quantitative estimate of drug-likeness (QED) is 0.626. The van der Waals surface area contributed by atoms with E-state index in [2.05, 4.69) is 44.5 Å². The standard InChI is InChI=1S/C21H28N6O3/c1-2-9-30-21-24-19(22)18-20(25-21)27(17(14-28)23-18)13-16-5-3-15(4-6-16)12-26-7-10-29-11-8-26/h3-6,14,17,23H,2,7-13H2,1H3,(H2,22,24,25). The Hall–Kier alpha value is -2.91. The van der Waals surface area contributed by atoms with E-state index in [0.29, 0.717) is 24.7 Å². The molecule has 30 heavy (non-hydrogen) atoms. The van der Waals surface area contributed by atoms with Crippen LogP contribution in [0.4, 0.5) is 17.3 Å². The summed E-state index contributed by atoms with van der Waals surface area (Å²) in [6.07, 6.45) is 1.14. The van der Waals surface area contributed by atoms with E-state index in [4.69, 9.17) is 15.2 Å². The Balaban J connectivity index is 1.49. The van der Waals surface area contributed by atoms with Crippen molar-refractivity contribution in [2.75, 3.05) is 48.9 Å². The van der Waals surface area contributed by atoms with E-state index in [-0.39, 0.29) is 11.8 Å². The molecule has 0 spiro atoms. The first-order chi connectivity index (χ1) is 14.7. The Bertz CT molecular complexity index is 870. The second-order valence-corrected chi connectivity index (χ2v) is 7.50. The molecule has 160 valence electrons. The van der Waals surface area contributed by atoms with Gasteiger partial charge in [-0.05, 0) is 17.5 Å². The molecule has 2 aliphatic rings. The smallest absolute Gasteiger partial charge is 0.320 e. The van der Waals surface area contributed by atoms with Crippen LogP contribution >= 0.6 is 0 Å². The minimum atomic E-state index is -0.550. The van der Waals surface area contributed by atoms with Crippen molar-refractivity contribution in [1.29, 1.82) is 0 Å². The Labute approximate surface area is 176 Å². The number of nitrogen functional groups attached to an aromatic ring is 1. The Kier molecular flexibility index (Phi) is 6.29. The number of ether oxygens (including phenoxy) is 2. The molecule has 1 saturated heterocycles. The van der Waals surface area contributed by atoms with Crippen LogP contribution in [0.2, 0.25) is 0 Å². The largest absolute Gasteiger partial charge is 0.463 e. The van der Waals surface area contributed by atoms with Crippen LogP contribution in [0, 0.1) is 0 Å². The van der Waals surface area contributed by atoms with Gasteiger partial charge in [0, 0.05) is 26.2 Å². The summed E-state index contributed by atoms with van der Waals surface area (Å²) in [5.41, 5.74) is 8.98. The maximum absolute atomic E-state index is 11.7. The van der Waals surface area contributed by atoms with Crippen molar-refractivity contribution >= 4 is 23.6 Å². The summed E-state index contributed by atoms with van der Waals surface area (Å²) in [5, 5.41) is 3.11. The molecule has 9 nitrogen and oxygen atoms in total. The fraction of sp³-hybridized carbons (Fsp3) is 0.476. The van der Waals surface area contributed by atoms with Gasteiger partial charge in [-0.2, -0.15) is 9.97 Å². The molecule has 1 fully saturated rings. The molecule has 1 aromatic carbocycles. The molecule has 0 saturated carbocycles. The van der Waals surface area contributed by atoms with Crippen LogP contribution in [0.5, 0.6) is 6.01 Å². The van der Waals surface area contributed by atoms with Crippen molar-refractivity contribution in [2.24, 2.45) is 0 Å². The lowest BCUT2D eigenvalue weighted by molar-refractivity contribution is -0.108. The number of morpholine rings is 1. The van der Waals surface area contributed by atoms with Gasteiger partial charge in [0.25, 0.3) is 0 Å². The summed E-state index contributed by atoms with van der Waals surface area (Å²) < 4.78 is 11.0. The first-order valence-electron chi connectivity index (χ1n) is 10.3. The molecule has 0 bridgehead atoms. The summed E-state index contributed by atoms with van der Waals surface area (Å²) in [7, 11) is 0. The van der Waals surface area contributed by atoms with Crippen LogP contribution in [0.3, 0.4) is 0 Å². The molecular formula is C21H28N6O3. The van der Waals surface area contributed by atoms with E-state index in [1.807, 2.05) is 11.8 Å². The summed E-state index contributed by atoms with van der Waals surface area (Å²) in [6.45, 7) is 7.46. The summed E-state index contributed by atoms with van der Waals surface area (Å²) in [5.74, 6) is 0.865. The third kappa shape index (κ3) is 4.47. The average molecular weight is 412 g/mol. The van der Waals surface area contributed by atoms with Crippen LogP contribution < -0.4 is 20.7 Å². The van der Waals surface area contributed by atoms with E-state index in [1.54, 1.807) is 0 Å². The predicted molar refractivity (Wildman–Crippen MR) is 114 cm³/mol. The van der Waals surface area contributed by atoms with Gasteiger partial charge in [0.1, 0.15) is 5.69 Å². The van der Waals surface area contributed by atoms with Crippen molar-refractivity contribution < 1.29 is 14.3 Å². The zero-order valence-corrected chi connectivity index (χ0v) is 17.2. The molecule has 0 radical (unpaired) electrons. The number of carbonyl (C=O) groups is 1. The Morgan fingerprint density at radius 2 is 1.90 bits per heavy atom. The van der Waals surface area contributed by atoms with Crippen molar-refractivity contribution in [3.63, 3.8) is 0 Å². The lowest BCUT2D eigenvalue weighted by Crippen LogP contribution is -2.36. The highest BCUT2D eigenvalue weighted by Crippen LogP contribution is 2.38. The molecule has 4 rings (SSSR count). The molecule has 3 heterocycles. The van der Waals surface area contributed by atoms with E-state index in [9.17, 15) is 4.79 Å². The lowest BCUT2D eigenvalue weighted by atomic mass is 10.1. The summed E-state index contributed by atoms with van der Waals surface area (Å²) >= 11 is 0. The number of aromatic nitrogens is 2. The molecule has 9 heteroatoms. The SMILES string of the molecule is CCCOc1nc(N)c2c(n1)N(Cc1ccc(CN3CCOCC3)cc1)C(C=O)N2. The molecule has 1 aromatic heterocycles. The van der Waals surface area contributed by atoms with Crippen molar-refractivity contribution in [1.82, 2.24) is 14.9 Å². The number of rotatable bonds is 8. The van der Waals surface area contributed by atoms with Gasteiger partial charge in [0.2, 0.25) is 0 Å². The average Bonchev–Trinajstić information content (AvgIpc) is 3.12. The monoisotopic (exact) mass is 412 g/mol. The van der Waals surface area contributed by atoms with Crippen LogP contribution in [-0.4, -0.2) is 60.2 Å². The predicted octanol–water partition coefficient (Wildman–Crippen LogP) is 1.64.